The molecule has 10 heteroatoms. The smallest absolute Gasteiger partial charge is 0.327 e. The van der Waals surface area contributed by atoms with Crippen molar-refractivity contribution in [1.29, 1.82) is 0 Å². The second-order valence-electron chi connectivity index (χ2n) is 5.94. The zero-order valence-electron chi connectivity index (χ0n) is 14.5. The lowest BCUT2D eigenvalue weighted by molar-refractivity contribution is -0.137. The van der Waals surface area contributed by atoms with Crippen molar-refractivity contribution >= 4 is 21.1 Å². The highest BCUT2D eigenvalue weighted by Crippen LogP contribution is 2.32. The number of imidazole rings is 1. The molecule has 0 aliphatic heterocycles. The molecule has 1 unspecified atom stereocenters. The van der Waals surface area contributed by atoms with Crippen molar-refractivity contribution in [3.8, 4) is 0 Å². The van der Waals surface area contributed by atoms with Gasteiger partial charge >= 0.3 is 6.18 Å². The van der Waals surface area contributed by atoms with Crippen LogP contribution in [0.2, 0.25) is 0 Å². The lowest BCUT2D eigenvalue weighted by Crippen LogP contribution is -2.28. The van der Waals surface area contributed by atoms with Crippen molar-refractivity contribution in [3.63, 3.8) is 0 Å². The van der Waals surface area contributed by atoms with E-state index in [2.05, 4.69) is 14.7 Å². The first-order chi connectivity index (χ1) is 12.6. The summed E-state index contributed by atoms with van der Waals surface area (Å²) in [5, 5.41) is 0. The summed E-state index contributed by atoms with van der Waals surface area (Å²) in [5.41, 5.74) is -0.103. The average molecular weight is 398 g/mol. The number of alkyl halides is 3. The molecule has 1 N–H and O–H groups in total. The quantitative estimate of drug-likeness (QED) is 0.714. The van der Waals surface area contributed by atoms with Crippen LogP contribution < -0.4 is 4.72 Å². The van der Waals surface area contributed by atoms with Crippen LogP contribution in [-0.2, 0) is 22.7 Å². The van der Waals surface area contributed by atoms with Gasteiger partial charge in [0.1, 0.15) is 5.82 Å². The summed E-state index contributed by atoms with van der Waals surface area (Å²) in [6, 6.07) is 5.24. The number of aromatic nitrogens is 3. The maximum absolute atomic E-state index is 13.0. The zero-order valence-corrected chi connectivity index (χ0v) is 15.3. The van der Waals surface area contributed by atoms with Crippen molar-refractivity contribution in [2.24, 2.45) is 0 Å². The molecular formula is C17H17F3N4O2S. The van der Waals surface area contributed by atoms with E-state index < -0.39 is 27.8 Å². The van der Waals surface area contributed by atoms with Crippen LogP contribution in [0.1, 0.15) is 31.3 Å². The number of nitrogens with zero attached hydrogens (tertiary/aromatic N) is 3. The largest absolute Gasteiger partial charge is 0.416 e. The Balaban J connectivity index is 2.01. The monoisotopic (exact) mass is 398 g/mol. The van der Waals surface area contributed by atoms with Crippen LogP contribution in [0.5, 0.6) is 0 Å². The summed E-state index contributed by atoms with van der Waals surface area (Å²) in [6.07, 6.45) is -1.75. The van der Waals surface area contributed by atoms with Crippen LogP contribution >= 0.6 is 0 Å². The Morgan fingerprint density at radius 1 is 1.19 bits per heavy atom. The minimum Gasteiger partial charge on any atom is -0.327 e. The summed E-state index contributed by atoms with van der Waals surface area (Å²) in [6.45, 7) is 3.69. The van der Waals surface area contributed by atoms with Gasteiger partial charge in [0, 0.05) is 18.9 Å². The van der Waals surface area contributed by atoms with Gasteiger partial charge in [-0.1, -0.05) is 0 Å². The van der Waals surface area contributed by atoms with Crippen LogP contribution in [0.3, 0.4) is 0 Å². The second-order valence-corrected chi connectivity index (χ2v) is 7.66. The summed E-state index contributed by atoms with van der Waals surface area (Å²) in [7, 11) is -3.82. The zero-order chi connectivity index (χ0) is 19.8. The van der Waals surface area contributed by atoms with Crippen molar-refractivity contribution in [2.45, 2.75) is 37.5 Å². The van der Waals surface area contributed by atoms with Crippen molar-refractivity contribution < 1.29 is 21.6 Å². The molecule has 27 heavy (non-hydrogen) atoms. The third-order valence-corrected chi connectivity index (χ3v) is 5.66. The summed E-state index contributed by atoms with van der Waals surface area (Å²) >= 11 is 0. The highest BCUT2D eigenvalue weighted by atomic mass is 32.2. The van der Waals surface area contributed by atoms with Crippen LogP contribution in [0.15, 0.2) is 47.6 Å². The first-order valence-corrected chi connectivity index (χ1v) is 9.61. The number of sulfonamides is 1. The molecular weight excluding hydrogens is 381 g/mol. The predicted molar refractivity (Wildman–Crippen MR) is 93.4 cm³/mol. The third kappa shape index (κ3) is 3.81. The Hall–Kier alpha value is -2.46. The van der Waals surface area contributed by atoms with Crippen molar-refractivity contribution in [3.05, 3.63) is 54.1 Å². The van der Waals surface area contributed by atoms with Crippen LogP contribution in [0.4, 0.5) is 13.2 Å². The molecule has 144 valence electrons. The Bertz CT molecular complexity index is 1060. The topological polar surface area (TPSA) is 76.9 Å². The van der Waals surface area contributed by atoms with E-state index >= 15 is 0 Å². The number of rotatable bonds is 5. The fourth-order valence-electron chi connectivity index (χ4n) is 2.85. The highest BCUT2D eigenvalue weighted by Gasteiger charge is 2.31. The van der Waals surface area contributed by atoms with Gasteiger partial charge in [0.15, 0.2) is 0 Å². The molecule has 3 rings (SSSR count). The highest BCUT2D eigenvalue weighted by molar-refractivity contribution is 7.89. The van der Waals surface area contributed by atoms with Gasteiger partial charge in [0.2, 0.25) is 10.0 Å². The molecule has 2 aromatic heterocycles. The number of aryl methyl sites for hydroxylation is 1. The fourth-order valence-corrected chi connectivity index (χ4v) is 4.04. The standard InChI is InChI=1S/C17H17F3N4O2S/c1-3-24-15-10-12(17(18,19)20)4-5-14(15)22-16(24)11(2)23-27(25,26)13-6-8-21-9-7-13/h4-11,23H,3H2,1-2H3. The molecule has 0 spiro atoms. The normalized spacial score (nSPS) is 13.8. The Labute approximate surface area is 154 Å². The number of nitrogens with one attached hydrogen (secondary N) is 1. The molecule has 0 fully saturated rings. The van der Waals surface area contributed by atoms with E-state index in [0.717, 1.165) is 12.1 Å². The third-order valence-electron chi connectivity index (χ3n) is 4.10. The van der Waals surface area contributed by atoms with Gasteiger partial charge in [-0.15, -0.1) is 0 Å². The molecule has 0 bridgehead atoms. The van der Waals surface area contributed by atoms with Crippen molar-refractivity contribution in [1.82, 2.24) is 19.3 Å². The van der Waals surface area contributed by atoms with E-state index in [1.54, 1.807) is 18.4 Å². The molecule has 1 atom stereocenters. The molecule has 1 aromatic carbocycles. The predicted octanol–water partition coefficient (Wildman–Crippen LogP) is 3.51. The molecule has 2 heterocycles. The molecule has 0 aliphatic rings. The Kier molecular flexibility index (Phi) is 4.96. The first kappa shape index (κ1) is 19.3. The fraction of sp³-hybridized carbons (Fsp3) is 0.294. The number of hydrogen-bond acceptors (Lipinski definition) is 4. The van der Waals surface area contributed by atoms with Gasteiger partial charge in [-0.05, 0) is 44.2 Å². The van der Waals surface area contributed by atoms with Gasteiger partial charge < -0.3 is 4.57 Å². The lowest BCUT2D eigenvalue weighted by Gasteiger charge is -2.15. The lowest BCUT2D eigenvalue weighted by atomic mass is 10.2. The van der Waals surface area contributed by atoms with E-state index in [9.17, 15) is 21.6 Å². The summed E-state index contributed by atoms with van der Waals surface area (Å²) < 4.78 is 68.1. The van der Waals surface area contributed by atoms with Crippen LogP contribution in [-0.4, -0.2) is 23.0 Å². The SMILES string of the molecule is CCn1c(C(C)NS(=O)(=O)c2ccncc2)nc2ccc(C(F)(F)F)cc21. The van der Waals surface area contributed by atoms with E-state index in [-0.39, 0.29) is 4.90 Å². The second kappa shape index (κ2) is 6.93. The van der Waals surface area contributed by atoms with E-state index in [4.69, 9.17) is 0 Å². The van der Waals surface area contributed by atoms with Gasteiger partial charge in [0.05, 0.1) is 27.5 Å². The van der Waals surface area contributed by atoms with Crippen LogP contribution in [0, 0.1) is 0 Å². The average Bonchev–Trinajstić information content (AvgIpc) is 2.99. The minimum absolute atomic E-state index is 0.0443. The number of fused-ring (bicyclic) bond motifs is 1. The van der Waals surface area contributed by atoms with Crippen molar-refractivity contribution in [2.75, 3.05) is 0 Å². The van der Waals surface area contributed by atoms with Gasteiger partial charge in [0.25, 0.3) is 0 Å². The maximum Gasteiger partial charge on any atom is 0.416 e. The molecule has 0 amide bonds. The van der Waals surface area contributed by atoms with Gasteiger partial charge in [-0.3, -0.25) is 4.98 Å². The number of hydrogen-bond donors (Lipinski definition) is 1. The van der Waals surface area contributed by atoms with E-state index in [1.165, 1.54) is 30.6 Å². The number of pyridine rings is 1. The molecule has 0 radical (unpaired) electrons. The van der Waals surface area contributed by atoms with Gasteiger partial charge in [-0.2, -0.15) is 13.2 Å². The molecule has 6 nitrogen and oxygen atoms in total. The van der Waals surface area contributed by atoms with Gasteiger partial charge in [-0.25, -0.2) is 18.1 Å². The Morgan fingerprint density at radius 2 is 1.85 bits per heavy atom. The number of benzene rings is 1. The molecule has 3 aromatic rings. The summed E-state index contributed by atoms with van der Waals surface area (Å²) in [4.78, 5) is 8.16. The minimum atomic E-state index is -4.47. The molecule has 0 saturated carbocycles. The van der Waals surface area contributed by atoms with Crippen LogP contribution in [0.25, 0.3) is 11.0 Å². The molecule has 0 aliphatic carbocycles. The van der Waals surface area contributed by atoms with E-state index in [1.807, 2.05) is 0 Å². The first-order valence-electron chi connectivity index (χ1n) is 8.13. The molecule has 0 saturated heterocycles. The summed E-state index contributed by atoms with van der Waals surface area (Å²) in [5.74, 6) is 0.337. The maximum atomic E-state index is 13.0. The van der Waals surface area contributed by atoms with E-state index in [0.29, 0.717) is 23.4 Å². The number of halogens is 3. The Morgan fingerprint density at radius 3 is 2.44 bits per heavy atom.